The van der Waals surface area contributed by atoms with Gasteiger partial charge in [-0.1, -0.05) is 11.6 Å². The lowest BCUT2D eigenvalue weighted by Crippen LogP contribution is -2.60. The highest BCUT2D eigenvalue weighted by Gasteiger charge is 2.77. The smallest absolute Gasteiger partial charge is 0.508 e. The molecule has 2 aromatic carbocycles. The number of amides is 4. The number of phenolic OH excluding ortho intramolecular Hbond substituents is 1. The molecule has 6 rings (SSSR count). The highest BCUT2D eigenvalue weighted by atomic mass is 35.5. The maximum atomic E-state index is 15.1. The number of halogens is 10. The Morgan fingerprint density at radius 3 is 1.98 bits per heavy atom. The first-order valence-electron chi connectivity index (χ1n) is 14.4. The molecule has 1 saturated carbocycles. The number of alkyl halides is 5. The first-order chi connectivity index (χ1) is 22.5. The summed E-state index contributed by atoms with van der Waals surface area (Å²) >= 11 is 13.9. The van der Waals surface area contributed by atoms with E-state index in [0.717, 1.165) is 11.0 Å². The minimum atomic E-state index is -5.27. The predicted octanol–water partition coefficient (Wildman–Crippen LogP) is 6.35. The molecule has 4 aliphatic rings. The molecule has 1 N–H and O–H groups in total. The van der Waals surface area contributed by atoms with Gasteiger partial charge in [0.05, 0.1) is 11.8 Å². The molecule has 6 atom stereocenters. The molecule has 0 bridgehead atoms. The van der Waals surface area contributed by atoms with E-state index in [1.807, 2.05) is 0 Å². The minimum absolute atomic E-state index is 0.0655. The first-order valence-corrected chi connectivity index (χ1v) is 15.2. The largest absolute Gasteiger partial charge is 0.573 e. The number of benzene rings is 2. The lowest BCUT2D eigenvalue weighted by Gasteiger charge is -2.50. The van der Waals surface area contributed by atoms with Crippen LogP contribution >= 0.6 is 23.2 Å². The van der Waals surface area contributed by atoms with Crippen LogP contribution in [0.15, 0.2) is 29.8 Å². The van der Waals surface area contributed by atoms with E-state index in [4.69, 9.17) is 23.2 Å². The molecule has 49 heavy (non-hydrogen) atoms. The van der Waals surface area contributed by atoms with Crippen molar-refractivity contribution < 1.29 is 64.1 Å². The van der Waals surface area contributed by atoms with Gasteiger partial charge in [0.25, 0.3) is 11.8 Å². The van der Waals surface area contributed by atoms with Gasteiger partial charge < -0.3 is 9.84 Å². The second kappa shape index (κ2) is 10.8. The Balaban J connectivity index is 1.62. The quantitative estimate of drug-likeness (QED) is 0.0984. The van der Waals surface area contributed by atoms with Crippen molar-refractivity contribution in [1.29, 1.82) is 0 Å². The number of rotatable bonds is 3. The zero-order valence-corrected chi connectivity index (χ0v) is 26.7. The van der Waals surface area contributed by atoms with E-state index < -0.39 is 132 Å². The normalized spacial score (nSPS) is 30.0. The van der Waals surface area contributed by atoms with Crippen molar-refractivity contribution in [2.24, 2.45) is 17.8 Å². The number of carbonyl (C=O) groups excluding carboxylic acids is 4. The van der Waals surface area contributed by atoms with Crippen molar-refractivity contribution in [3.05, 3.63) is 64.5 Å². The second-order valence-corrected chi connectivity index (χ2v) is 14.4. The molecule has 18 heteroatoms. The summed E-state index contributed by atoms with van der Waals surface area (Å²) < 4.78 is 117. The molecule has 8 nitrogen and oxygen atoms in total. The first kappa shape index (κ1) is 34.9. The molecule has 2 heterocycles. The van der Waals surface area contributed by atoms with Crippen LogP contribution in [0.5, 0.6) is 11.5 Å². The van der Waals surface area contributed by atoms with Gasteiger partial charge in [-0.3, -0.25) is 24.1 Å². The predicted molar refractivity (Wildman–Crippen MR) is 153 cm³/mol. The van der Waals surface area contributed by atoms with Crippen LogP contribution in [0.3, 0.4) is 0 Å². The van der Waals surface area contributed by atoms with E-state index in [2.05, 4.69) is 4.74 Å². The van der Waals surface area contributed by atoms with Crippen LogP contribution in [0.2, 0.25) is 0 Å². The number of hydrogen-bond donors (Lipinski definition) is 1. The summed E-state index contributed by atoms with van der Waals surface area (Å²) in [5.41, 5.74) is -3.79. The number of likely N-dealkylation sites (tertiary alicyclic amines) is 1. The maximum Gasteiger partial charge on any atom is 0.573 e. The van der Waals surface area contributed by atoms with Gasteiger partial charge in [0, 0.05) is 17.0 Å². The van der Waals surface area contributed by atoms with E-state index >= 15 is 8.78 Å². The van der Waals surface area contributed by atoms with Gasteiger partial charge in [-0.25, -0.2) is 26.9 Å². The summed E-state index contributed by atoms with van der Waals surface area (Å²) in [6, 6.07) is 2.01. The van der Waals surface area contributed by atoms with Crippen molar-refractivity contribution in [1.82, 2.24) is 4.90 Å². The number of anilines is 1. The molecule has 262 valence electrons. The molecular weight excluding hydrogens is 719 g/mol. The number of allylic oxidation sites excluding steroid dienone is 2. The van der Waals surface area contributed by atoms with Crippen LogP contribution in [-0.4, -0.2) is 55.3 Å². The Morgan fingerprint density at radius 1 is 0.857 bits per heavy atom. The Bertz CT molecular complexity index is 1890. The molecule has 6 unspecified atom stereocenters. The van der Waals surface area contributed by atoms with Gasteiger partial charge in [-0.05, 0) is 57.7 Å². The molecule has 3 fully saturated rings. The summed E-state index contributed by atoms with van der Waals surface area (Å²) in [5.74, 6) is -25.4. The number of imide groups is 2. The molecule has 2 aliphatic heterocycles. The topological polar surface area (TPSA) is 104 Å². The third-order valence-electron chi connectivity index (χ3n) is 9.44. The van der Waals surface area contributed by atoms with Crippen LogP contribution in [-0.2, 0) is 19.2 Å². The molecule has 4 amide bonds. The molecule has 2 aromatic rings. The highest BCUT2D eigenvalue weighted by molar-refractivity contribution is 6.58. The lowest BCUT2D eigenvalue weighted by atomic mass is 9.56. The van der Waals surface area contributed by atoms with Gasteiger partial charge >= 0.3 is 6.36 Å². The fourth-order valence-electron chi connectivity index (χ4n) is 7.53. The zero-order chi connectivity index (χ0) is 36.5. The van der Waals surface area contributed by atoms with Crippen molar-refractivity contribution >= 4 is 52.5 Å². The third kappa shape index (κ3) is 4.68. The third-order valence-corrected chi connectivity index (χ3v) is 10.8. The summed E-state index contributed by atoms with van der Waals surface area (Å²) in [7, 11) is 0. The highest BCUT2D eigenvalue weighted by Crippen LogP contribution is 2.67. The van der Waals surface area contributed by atoms with E-state index in [0.29, 0.717) is 12.1 Å². The van der Waals surface area contributed by atoms with E-state index in [1.165, 1.54) is 6.08 Å². The van der Waals surface area contributed by atoms with Crippen LogP contribution in [0.1, 0.15) is 45.1 Å². The van der Waals surface area contributed by atoms with Crippen LogP contribution in [0, 0.1) is 46.8 Å². The number of hydrogen-bond acceptors (Lipinski definition) is 6. The summed E-state index contributed by atoms with van der Waals surface area (Å²) in [6.45, 7) is 4.70. The molecule has 0 aromatic heterocycles. The van der Waals surface area contributed by atoms with E-state index in [9.17, 15) is 50.6 Å². The van der Waals surface area contributed by atoms with Gasteiger partial charge in [-0.15, -0.1) is 36.4 Å². The number of ether oxygens (including phenoxy) is 1. The fourth-order valence-corrected chi connectivity index (χ4v) is 8.46. The Hall–Kier alpha value is -3.92. The lowest BCUT2D eigenvalue weighted by molar-refractivity contribution is -0.274. The zero-order valence-electron chi connectivity index (χ0n) is 25.2. The molecule has 2 saturated heterocycles. The standard InChI is InChI=1S/C31H22Cl2F8N2O6/c1-28(2,3)43-24(45)12-6-5-11-14(16(12)25(43)46)9-29(32)26(47)42(23-21(37)19(35)18(34)20(36)22(23)38)27(48)30(29,33)17(11)13-8-10(4-7-15(13)44)49-31(39,40)41/h4-5,7-8,12,14,16-17,44H,6,9H2,1-3H3. The molecule has 0 radical (unpaired) electrons. The second-order valence-electron chi connectivity index (χ2n) is 13.1. The van der Waals surface area contributed by atoms with Crippen LogP contribution in [0.4, 0.5) is 40.8 Å². The summed E-state index contributed by atoms with van der Waals surface area (Å²) in [6.07, 6.45) is -4.96. The van der Waals surface area contributed by atoms with Crippen molar-refractivity contribution in [3.8, 4) is 11.5 Å². The Labute approximate surface area is 281 Å². The van der Waals surface area contributed by atoms with Crippen molar-refractivity contribution in [2.75, 3.05) is 4.90 Å². The molecule has 2 aliphatic carbocycles. The van der Waals surface area contributed by atoms with Crippen LogP contribution < -0.4 is 9.64 Å². The average molecular weight is 741 g/mol. The summed E-state index contributed by atoms with van der Waals surface area (Å²) in [4.78, 5) is 50.4. The van der Waals surface area contributed by atoms with Gasteiger partial charge in [0.2, 0.25) is 17.6 Å². The maximum absolute atomic E-state index is 15.1. The van der Waals surface area contributed by atoms with Crippen molar-refractivity contribution in [3.63, 3.8) is 0 Å². The average Bonchev–Trinajstić information content (AvgIpc) is 3.34. The summed E-state index contributed by atoms with van der Waals surface area (Å²) in [5, 5.41) is 11.0. The number of aromatic hydroxyl groups is 1. The minimum Gasteiger partial charge on any atom is -0.508 e. The van der Waals surface area contributed by atoms with E-state index in [1.54, 1.807) is 20.8 Å². The van der Waals surface area contributed by atoms with Crippen LogP contribution in [0.25, 0.3) is 0 Å². The number of fused-ring (bicyclic) bond motifs is 4. The van der Waals surface area contributed by atoms with Crippen molar-refractivity contribution in [2.45, 2.75) is 61.2 Å². The Kier molecular flexibility index (Phi) is 7.69. The number of carbonyl (C=O) groups is 4. The van der Waals surface area contributed by atoms with E-state index in [-0.39, 0.29) is 12.0 Å². The van der Waals surface area contributed by atoms with Gasteiger partial charge in [-0.2, -0.15) is 0 Å². The van der Waals surface area contributed by atoms with Gasteiger partial charge in [0.1, 0.15) is 17.2 Å². The molecular formula is C31H22Cl2F8N2O6. The van der Waals surface area contributed by atoms with Gasteiger partial charge in [0.15, 0.2) is 33.0 Å². The SMILES string of the molecule is CC(C)(C)N1C(=O)C2CC=C3C(CC4(Cl)C(=O)N(c5c(F)c(F)c(F)c(F)c5F)C(=O)C4(Cl)C3c3cc(OC(F)(F)F)ccc3O)C2C1=O. The monoisotopic (exact) mass is 740 g/mol. The number of phenols is 1. The fraction of sp³-hybridized carbons (Fsp3) is 0.419. The number of nitrogens with zero attached hydrogens (tertiary/aromatic N) is 2. The Morgan fingerprint density at radius 2 is 1.43 bits per heavy atom. The molecule has 0 spiro atoms.